The van der Waals surface area contributed by atoms with Crippen molar-refractivity contribution < 1.29 is 0 Å². The van der Waals surface area contributed by atoms with Crippen molar-refractivity contribution in [2.24, 2.45) is 5.92 Å². The van der Waals surface area contributed by atoms with E-state index in [-0.39, 0.29) is 5.56 Å². The van der Waals surface area contributed by atoms with Crippen molar-refractivity contribution in [3.8, 4) is 11.4 Å². The standard InChI is InChI=1S/C16H20N2O/c1-11(2)9-10-14-12(3)17-15(18-16(14)19)13-7-5-4-6-8-13/h4-8,11H,9-10H2,1-3H3,(H,17,18,19). The molecule has 2 aromatic rings. The van der Waals surface area contributed by atoms with E-state index in [0.29, 0.717) is 11.7 Å². The Kier molecular flexibility index (Phi) is 4.15. The topological polar surface area (TPSA) is 45.8 Å². The quantitative estimate of drug-likeness (QED) is 0.912. The highest BCUT2D eigenvalue weighted by Crippen LogP contribution is 2.15. The molecule has 1 N–H and O–H groups in total. The van der Waals surface area contributed by atoms with Gasteiger partial charge in [-0.15, -0.1) is 0 Å². The Morgan fingerprint density at radius 2 is 1.89 bits per heavy atom. The van der Waals surface area contributed by atoms with Crippen molar-refractivity contribution in [3.05, 3.63) is 51.9 Å². The van der Waals surface area contributed by atoms with Crippen LogP contribution in [0.3, 0.4) is 0 Å². The molecule has 0 bridgehead atoms. The van der Waals surface area contributed by atoms with Crippen molar-refractivity contribution in [1.29, 1.82) is 0 Å². The largest absolute Gasteiger partial charge is 0.306 e. The van der Waals surface area contributed by atoms with Crippen molar-refractivity contribution in [2.75, 3.05) is 0 Å². The van der Waals surface area contributed by atoms with E-state index in [9.17, 15) is 4.79 Å². The van der Waals surface area contributed by atoms with Gasteiger partial charge in [0.25, 0.3) is 5.56 Å². The zero-order valence-corrected chi connectivity index (χ0v) is 11.7. The van der Waals surface area contributed by atoms with Crippen LogP contribution >= 0.6 is 0 Å². The minimum atomic E-state index is -0.00740. The van der Waals surface area contributed by atoms with Crippen LogP contribution < -0.4 is 5.56 Å². The molecule has 3 nitrogen and oxygen atoms in total. The molecule has 0 radical (unpaired) electrons. The van der Waals surface area contributed by atoms with Gasteiger partial charge in [-0.05, 0) is 25.7 Å². The molecule has 0 fully saturated rings. The molecule has 1 aromatic carbocycles. The second-order valence-electron chi connectivity index (χ2n) is 5.28. The van der Waals surface area contributed by atoms with Crippen LogP contribution in [0.25, 0.3) is 11.4 Å². The molecule has 0 aliphatic heterocycles. The Morgan fingerprint density at radius 1 is 1.21 bits per heavy atom. The Bertz CT molecular complexity index is 600. The van der Waals surface area contributed by atoms with Crippen LogP contribution in [-0.2, 0) is 6.42 Å². The van der Waals surface area contributed by atoms with E-state index in [4.69, 9.17) is 0 Å². The first-order chi connectivity index (χ1) is 9.08. The second kappa shape index (κ2) is 5.83. The molecule has 0 saturated heterocycles. The highest BCUT2D eigenvalue weighted by atomic mass is 16.1. The van der Waals surface area contributed by atoms with Gasteiger partial charge in [0, 0.05) is 16.8 Å². The fourth-order valence-electron chi connectivity index (χ4n) is 2.07. The Morgan fingerprint density at radius 3 is 2.47 bits per heavy atom. The highest BCUT2D eigenvalue weighted by Gasteiger charge is 2.09. The first-order valence-corrected chi connectivity index (χ1v) is 6.73. The lowest BCUT2D eigenvalue weighted by molar-refractivity contribution is 0.582. The van der Waals surface area contributed by atoms with E-state index in [0.717, 1.165) is 29.7 Å². The van der Waals surface area contributed by atoms with E-state index in [1.165, 1.54) is 0 Å². The summed E-state index contributed by atoms with van der Waals surface area (Å²) in [5.74, 6) is 1.24. The third-order valence-corrected chi connectivity index (χ3v) is 3.24. The molecule has 0 aliphatic rings. The maximum atomic E-state index is 12.2. The SMILES string of the molecule is Cc1nc(-c2ccccc2)[nH]c(=O)c1CCC(C)C. The van der Waals surface area contributed by atoms with Crippen LogP contribution in [0.4, 0.5) is 0 Å². The maximum Gasteiger partial charge on any atom is 0.254 e. The predicted octanol–water partition coefficient (Wildman–Crippen LogP) is 3.33. The van der Waals surface area contributed by atoms with E-state index >= 15 is 0 Å². The number of aryl methyl sites for hydroxylation is 1. The zero-order valence-electron chi connectivity index (χ0n) is 11.7. The van der Waals surface area contributed by atoms with Crippen LogP contribution in [0, 0.1) is 12.8 Å². The Hall–Kier alpha value is -1.90. The summed E-state index contributed by atoms with van der Waals surface area (Å²) in [7, 11) is 0. The molecule has 19 heavy (non-hydrogen) atoms. The number of benzene rings is 1. The van der Waals surface area contributed by atoms with Gasteiger partial charge in [0.2, 0.25) is 0 Å². The number of aromatic amines is 1. The molecular weight excluding hydrogens is 236 g/mol. The predicted molar refractivity (Wildman–Crippen MR) is 78.2 cm³/mol. The van der Waals surface area contributed by atoms with Crippen molar-refractivity contribution in [1.82, 2.24) is 9.97 Å². The summed E-state index contributed by atoms with van der Waals surface area (Å²) in [5.41, 5.74) is 2.58. The van der Waals surface area contributed by atoms with E-state index in [2.05, 4.69) is 23.8 Å². The highest BCUT2D eigenvalue weighted by molar-refractivity contribution is 5.54. The Labute approximate surface area is 113 Å². The minimum Gasteiger partial charge on any atom is -0.306 e. The van der Waals surface area contributed by atoms with Gasteiger partial charge < -0.3 is 4.98 Å². The molecule has 2 rings (SSSR count). The van der Waals surface area contributed by atoms with Crippen LogP contribution in [0.2, 0.25) is 0 Å². The monoisotopic (exact) mass is 256 g/mol. The molecule has 0 spiro atoms. The number of rotatable bonds is 4. The molecule has 0 atom stereocenters. The van der Waals surface area contributed by atoms with Crippen LogP contribution in [0.15, 0.2) is 35.1 Å². The zero-order chi connectivity index (χ0) is 13.8. The summed E-state index contributed by atoms with van der Waals surface area (Å²) in [4.78, 5) is 19.6. The van der Waals surface area contributed by atoms with Gasteiger partial charge in [-0.25, -0.2) is 4.98 Å². The molecule has 1 aromatic heterocycles. The number of hydrogen-bond donors (Lipinski definition) is 1. The fraction of sp³-hybridized carbons (Fsp3) is 0.375. The van der Waals surface area contributed by atoms with Gasteiger partial charge in [-0.3, -0.25) is 4.79 Å². The van der Waals surface area contributed by atoms with Crippen molar-refractivity contribution in [2.45, 2.75) is 33.6 Å². The van der Waals surface area contributed by atoms with Gasteiger partial charge in [-0.2, -0.15) is 0 Å². The first kappa shape index (κ1) is 13.5. The molecule has 0 aliphatic carbocycles. The first-order valence-electron chi connectivity index (χ1n) is 6.73. The fourth-order valence-corrected chi connectivity index (χ4v) is 2.07. The van der Waals surface area contributed by atoms with E-state index < -0.39 is 0 Å². The average molecular weight is 256 g/mol. The molecule has 1 heterocycles. The third kappa shape index (κ3) is 3.31. The van der Waals surface area contributed by atoms with Gasteiger partial charge in [0.15, 0.2) is 0 Å². The van der Waals surface area contributed by atoms with Gasteiger partial charge >= 0.3 is 0 Å². The van der Waals surface area contributed by atoms with Crippen LogP contribution in [0.1, 0.15) is 31.5 Å². The van der Waals surface area contributed by atoms with E-state index in [1.807, 2.05) is 37.3 Å². The lowest BCUT2D eigenvalue weighted by atomic mass is 10.0. The number of nitrogens with zero attached hydrogens (tertiary/aromatic N) is 1. The van der Waals surface area contributed by atoms with Gasteiger partial charge in [0.05, 0.1) is 0 Å². The summed E-state index contributed by atoms with van der Waals surface area (Å²) in [6.45, 7) is 6.24. The third-order valence-electron chi connectivity index (χ3n) is 3.24. The lowest BCUT2D eigenvalue weighted by Crippen LogP contribution is -2.18. The smallest absolute Gasteiger partial charge is 0.254 e. The number of aromatic nitrogens is 2. The normalized spacial score (nSPS) is 10.9. The summed E-state index contributed by atoms with van der Waals surface area (Å²) in [6.07, 6.45) is 1.80. The average Bonchev–Trinajstić information content (AvgIpc) is 2.38. The number of H-pyrrole nitrogens is 1. The summed E-state index contributed by atoms with van der Waals surface area (Å²) in [5, 5.41) is 0. The van der Waals surface area contributed by atoms with E-state index in [1.54, 1.807) is 0 Å². The second-order valence-corrected chi connectivity index (χ2v) is 5.28. The molecule has 0 unspecified atom stereocenters. The summed E-state index contributed by atoms with van der Waals surface area (Å²) >= 11 is 0. The summed E-state index contributed by atoms with van der Waals surface area (Å²) in [6, 6.07) is 9.73. The molecule has 3 heteroatoms. The molecule has 0 saturated carbocycles. The van der Waals surface area contributed by atoms with Crippen LogP contribution in [0.5, 0.6) is 0 Å². The maximum absolute atomic E-state index is 12.2. The number of nitrogens with one attached hydrogen (secondary N) is 1. The minimum absolute atomic E-state index is 0.00740. The molecule has 100 valence electrons. The van der Waals surface area contributed by atoms with Gasteiger partial charge in [0.1, 0.15) is 5.82 Å². The van der Waals surface area contributed by atoms with Crippen molar-refractivity contribution in [3.63, 3.8) is 0 Å². The Balaban J connectivity index is 2.35. The molecule has 0 amide bonds. The molecular formula is C16H20N2O. The van der Waals surface area contributed by atoms with Gasteiger partial charge in [-0.1, -0.05) is 44.2 Å². The van der Waals surface area contributed by atoms with Crippen molar-refractivity contribution >= 4 is 0 Å². The lowest BCUT2D eigenvalue weighted by Gasteiger charge is -2.08. The number of hydrogen-bond acceptors (Lipinski definition) is 2. The summed E-state index contributed by atoms with van der Waals surface area (Å²) < 4.78 is 0. The van der Waals surface area contributed by atoms with Crippen LogP contribution in [-0.4, -0.2) is 9.97 Å².